The van der Waals surface area contributed by atoms with Crippen LogP contribution in [0.15, 0.2) is 64.2 Å². The van der Waals surface area contributed by atoms with Crippen molar-refractivity contribution in [2.45, 2.75) is 19.8 Å². The van der Waals surface area contributed by atoms with Gasteiger partial charge in [-0.3, -0.25) is 10.1 Å². The molecular weight excluding hydrogens is 450 g/mol. The lowest BCUT2D eigenvalue weighted by Crippen LogP contribution is -1.96. The third-order valence-corrected chi connectivity index (χ3v) is 5.03. The van der Waals surface area contributed by atoms with Crippen molar-refractivity contribution in [3.63, 3.8) is 0 Å². The van der Waals surface area contributed by atoms with E-state index in [1.54, 1.807) is 16.9 Å². The first-order chi connectivity index (χ1) is 16.9. The number of ether oxygens (including phenoxy) is 1. The molecule has 2 aromatic carbocycles. The Bertz CT molecular complexity index is 1430. The third-order valence-electron chi connectivity index (χ3n) is 5.03. The molecule has 0 fully saturated rings. The van der Waals surface area contributed by atoms with Crippen LogP contribution < -0.4 is 10.2 Å². The number of nitro groups is 1. The molecule has 0 saturated heterocycles. The average molecular weight is 471 g/mol. The zero-order chi connectivity index (χ0) is 24.9. The van der Waals surface area contributed by atoms with E-state index in [0.717, 1.165) is 5.69 Å². The second-order valence-corrected chi connectivity index (χ2v) is 7.72. The van der Waals surface area contributed by atoms with Gasteiger partial charge in [0.25, 0.3) is 5.88 Å². The van der Waals surface area contributed by atoms with E-state index >= 15 is 0 Å². The molecule has 0 atom stereocenters. The fourth-order valence-corrected chi connectivity index (χ4v) is 3.29. The van der Waals surface area contributed by atoms with Gasteiger partial charge in [0.2, 0.25) is 11.6 Å². The van der Waals surface area contributed by atoms with E-state index in [1.165, 1.54) is 25.5 Å². The van der Waals surface area contributed by atoms with Crippen LogP contribution in [-0.4, -0.2) is 33.0 Å². The Kier molecular flexibility index (Phi) is 6.55. The van der Waals surface area contributed by atoms with Crippen LogP contribution in [0.4, 0.5) is 11.6 Å². The number of nitriles is 1. The molecule has 0 amide bonds. The number of hydrogen-bond acceptors (Lipinski definition) is 9. The van der Waals surface area contributed by atoms with E-state index in [0.29, 0.717) is 22.7 Å². The Labute approximate surface area is 200 Å². The minimum Gasteiger partial charge on any atom is -0.490 e. The minimum absolute atomic E-state index is 0.00296. The number of nitro benzene ring substituents is 1. The third kappa shape index (κ3) is 4.86. The molecule has 0 spiro atoms. The highest BCUT2D eigenvalue weighted by atomic mass is 16.6. The largest absolute Gasteiger partial charge is 0.490 e. The van der Waals surface area contributed by atoms with Crippen molar-refractivity contribution in [1.29, 1.82) is 5.26 Å². The Hall–Kier alpha value is -4.98. The lowest BCUT2D eigenvalue weighted by atomic mass is 10.1. The highest BCUT2D eigenvalue weighted by molar-refractivity contribution is 5.89. The zero-order valence-electron chi connectivity index (χ0n) is 19.2. The number of methoxy groups -OCH3 is 1. The van der Waals surface area contributed by atoms with Gasteiger partial charge in [-0.2, -0.15) is 15.5 Å². The number of oxazole rings is 1. The van der Waals surface area contributed by atoms with Crippen LogP contribution in [0.3, 0.4) is 0 Å². The van der Waals surface area contributed by atoms with Gasteiger partial charge in [0.05, 0.1) is 23.9 Å². The second kappa shape index (κ2) is 9.88. The van der Waals surface area contributed by atoms with Crippen molar-refractivity contribution in [2.75, 3.05) is 12.5 Å². The Morgan fingerprint density at radius 2 is 2.06 bits per heavy atom. The van der Waals surface area contributed by atoms with Crippen LogP contribution in [0.2, 0.25) is 0 Å². The molecular formula is C24H21N7O4. The lowest BCUT2D eigenvalue weighted by molar-refractivity contribution is -0.385. The van der Waals surface area contributed by atoms with Crippen LogP contribution in [0, 0.1) is 21.4 Å². The summed E-state index contributed by atoms with van der Waals surface area (Å²) >= 11 is 0. The molecule has 35 heavy (non-hydrogen) atoms. The van der Waals surface area contributed by atoms with Crippen molar-refractivity contribution in [3.8, 4) is 28.8 Å². The predicted octanol–water partition coefficient (Wildman–Crippen LogP) is 4.89. The summed E-state index contributed by atoms with van der Waals surface area (Å²) in [7, 11) is 1.37. The van der Waals surface area contributed by atoms with Gasteiger partial charge < -0.3 is 9.15 Å². The maximum atomic E-state index is 11.5. The maximum absolute atomic E-state index is 11.5. The first kappa shape index (κ1) is 23.2. The fourth-order valence-electron chi connectivity index (χ4n) is 3.29. The van der Waals surface area contributed by atoms with Crippen LogP contribution in [0.5, 0.6) is 5.75 Å². The predicted molar refractivity (Wildman–Crippen MR) is 129 cm³/mol. The highest BCUT2D eigenvalue weighted by Crippen LogP contribution is 2.33. The quantitative estimate of drug-likeness (QED) is 0.217. The number of nitrogens with zero attached hydrogens (tertiary/aromatic N) is 6. The lowest BCUT2D eigenvalue weighted by Gasteiger charge is -2.04. The monoisotopic (exact) mass is 471 g/mol. The molecule has 11 heteroatoms. The summed E-state index contributed by atoms with van der Waals surface area (Å²) < 4.78 is 12.4. The molecule has 11 nitrogen and oxygen atoms in total. The smallest absolute Gasteiger partial charge is 0.311 e. The molecule has 0 aliphatic heterocycles. The molecule has 2 heterocycles. The molecule has 0 radical (unpaired) electrons. The number of hydrazone groups is 1. The van der Waals surface area contributed by atoms with Gasteiger partial charge in [-0.1, -0.05) is 32.0 Å². The Morgan fingerprint density at radius 1 is 1.29 bits per heavy atom. The van der Waals surface area contributed by atoms with Crippen LogP contribution in [-0.2, 0) is 0 Å². The standard InChI is InChI=1S/C24H21N7O4/c1-15(2)23-27-19(12-25)24(35-23)28-26-13-17-14-30(18-7-5-4-6-8-18)29-22(17)16-9-10-21(34-3)20(11-16)31(32)33/h4-11,13-15,28H,1-3H3/b26-13+. The van der Waals surface area contributed by atoms with E-state index in [-0.39, 0.29) is 28.9 Å². The summed E-state index contributed by atoms with van der Waals surface area (Å²) in [4.78, 5) is 15.2. The van der Waals surface area contributed by atoms with Crippen molar-refractivity contribution < 1.29 is 14.1 Å². The number of rotatable bonds is 8. The number of para-hydroxylation sites is 1. The normalized spacial score (nSPS) is 11.1. The molecule has 2 aromatic heterocycles. The van der Waals surface area contributed by atoms with E-state index in [9.17, 15) is 15.4 Å². The molecule has 4 rings (SSSR count). The average Bonchev–Trinajstić information content (AvgIpc) is 3.49. The molecule has 176 valence electrons. The van der Waals surface area contributed by atoms with Crippen molar-refractivity contribution in [3.05, 3.63) is 82.0 Å². The van der Waals surface area contributed by atoms with Crippen molar-refractivity contribution in [2.24, 2.45) is 5.10 Å². The topological polar surface area (TPSA) is 144 Å². The summed E-state index contributed by atoms with van der Waals surface area (Å²) in [5.74, 6) is 0.698. The van der Waals surface area contributed by atoms with Gasteiger partial charge in [-0.15, -0.1) is 0 Å². The highest BCUT2D eigenvalue weighted by Gasteiger charge is 2.19. The second-order valence-electron chi connectivity index (χ2n) is 7.72. The van der Waals surface area contributed by atoms with E-state index in [1.807, 2.05) is 50.2 Å². The summed E-state index contributed by atoms with van der Waals surface area (Å²) in [5.41, 5.74) is 4.97. The molecule has 0 saturated carbocycles. The summed E-state index contributed by atoms with van der Waals surface area (Å²) in [6.45, 7) is 3.80. The summed E-state index contributed by atoms with van der Waals surface area (Å²) in [6, 6.07) is 16.0. The first-order valence-electron chi connectivity index (χ1n) is 10.6. The van der Waals surface area contributed by atoms with E-state index in [2.05, 4.69) is 20.6 Å². The minimum atomic E-state index is -0.508. The Morgan fingerprint density at radius 3 is 2.71 bits per heavy atom. The summed E-state index contributed by atoms with van der Waals surface area (Å²) in [6.07, 6.45) is 3.24. The van der Waals surface area contributed by atoms with Gasteiger partial charge in [-0.05, 0) is 24.3 Å². The number of aromatic nitrogens is 3. The van der Waals surface area contributed by atoms with Gasteiger partial charge in [0.15, 0.2) is 5.75 Å². The van der Waals surface area contributed by atoms with Crippen molar-refractivity contribution >= 4 is 17.8 Å². The maximum Gasteiger partial charge on any atom is 0.311 e. The van der Waals surface area contributed by atoms with E-state index < -0.39 is 4.92 Å². The molecule has 0 unspecified atom stereocenters. The molecule has 0 aliphatic rings. The number of anilines is 1. The van der Waals surface area contributed by atoms with E-state index in [4.69, 9.17) is 9.15 Å². The van der Waals surface area contributed by atoms with Gasteiger partial charge in [0.1, 0.15) is 11.8 Å². The summed E-state index contributed by atoms with van der Waals surface area (Å²) in [5, 5.41) is 29.7. The van der Waals surface area contributed by atoms with Gasteiger partial charge in [0, 0.05) is 29.3 Å². The van der Waals surface area contributed by atoms with Crippen LogP contribution in [0.1, 0.15) is 36.9 Å². The molecule has 0 bridgehead atoms. The van der Waals surface area contributed by atoms with Crippen LogP contribution in [0.25, 0.3) is 16.9 Å². The Balaban J connectivity index is 1.74. The molecule has 4 aromatic rings. The first-order valence-corrected chi connectivity index (χ1v) is 10.6. The van der Waals surface area contributed by atoms with Gasteiger partial charge >= 0.3 is 5.69 Å². The number of benzene rings is 2. The van der Waals surface area contributed by atoms with Gasteiger partial charge in [-0.25, -0.2) is 15.1 Å². The van der Waals surface area contributed by atoms with Crippen LogP contribution >= 0.6 is 0 Å². The van der Waals surface area contributed by atoms with Crippen molar-refractivity contribution in [1.82, 2.24) is 14.8 Å². The SMILES string of the molecule is COc1ccc(-c2nn(-c3ccccc3)cc2/C=N/Nc2oc(C(C)C)nc2C#N)cc1[N+](=O)[O-]. The fraction of sp³-hybridized carbons (Fsp3) is 0.167. The zero-order valence-corrected chi connectivity index (χ0v) is 19.2. The molecule has 1 N–H and O–H groups in total. The number of nitrogens with one attached hydrogen (secondary N) is 1. The number of hydrogen-bond donors (Lipinski definition) is 1. The molecule has 0 aliphatic carbocycles.